The van der Waals surface area contributed by atoms with Crippen molar-refractivity contribution in [2.45, 2.75) is 21.7 Å². The van der Waals surface area contributed by atoms with Crippen LogP contribution in [0.25, 0.3) is 0 Å². The Morgan fingerprint density at radius 3 is 0.800 bits per heavy atom. The van der Waals surface area contributed by atoms with Crippen molar-refractivity contribution >= 4 is 53.8 Å². The molecular weight excluding hydrogens is 574 g/mol. The third-order valence-corrected chi connectivity index (χ3v) is 22.2. The molecule has 148 valence electrons. The fourth-order valence-electron chi connectivity index (χ4n) is 4.07. The summed E-state index contributed by atoms with van der Waals surface area (Å²) in [6.07, 6.45) is 2.73. The monoisotopic (exact) mass is 604 g/mol. The maximum absolute atomic E-state index is 2.37. The van der Waals surface area contributed by atoms with Crippen molar-refractivity contribution in [3.8, 4) is 0 Å². The number of rotatable bonds is 9. The first kappa shape index (κ1) is 21.7. The maximum atomic E-state index is 2.37. The van der Waals surface area contributed by atoms with Crippen LogP contribution in [0, 0.1) is 0 Å². The Balaban J connectivity index is 1.45. The molecule has 0 amide bonds. The Hall–Kier alpha value is -1.52. The summed E-state index contributed by atoms with van der Waals surface area (Å²) in [5.74, 6) is 0. The van der Waals surface area contributed by atoms with Gasteiger partial charge in [0.25, 0.3) is 0 Å². The zero-order valence-corrected chi connectivity index (χ0v) is 23.1. The third-order valence-electron chi connectivity index (χ3n) is 5.59. The SMILES string of the molecule is c1cc[c]([Sn]([CH2]CC[CH2][Sn]([c]2ccccc2)[c]2ccccc2)[c]2ccccc2)cc1. The van der Waals surface area contributed by atoms with Gasteiger partial charge in [-0.2, -0.15) is 0 Å². The Morgan fingerprint density at radius 1 is 0.333 bits per heavy atom. The van der Waals surface area contributed by atoms with Crippen molar-refractivity contribution in [1.29, 1.82) is 0 Å². The van der Waals surface area contributed by atoms with Gasteiger partial charge < -0.3 is 0 Å². The van der Waals surface area contributed by atoms with Gasteiger partial charge in [0.1, 0.15) is 0 Å². The molecule has 0 spiro atoms. The third kappa shape index (κ3) is 6.01. The average molecular weight is 602 g/mol. The van der Waals surface area contributed by atoms with Gasteiger partial charge in [0.15, 0.2) is 0 Å². The molecule has 2 radical (unpaired) electrons. The Morgan fingerprint density at radius 2 is 0.567 bits per heavy atom. The fraction of sp³-hybridized carbons (Fsp3) is 0.143. The molecule has 0 aliphatic rings. The van der Waals surface area contributed by atoms with Gasteiger partial charge in [-0.15, -0.1) is 0 Å². The van der Waals surface area contributed by atoms with Gasteiger partial charge in [-0.25, -0.2) is 0 Å². The number of unbranched alkanes of at least 4 members (excludes halogenated alkanes) is 1. The van der Waals surface area contributed by atoms with Crippen LogP contribution in [0.2, 0.25) is 8.87 Å². The van der Waals surface area contributed by atoms with Crippen molar-refractivity contribution < 1.29 is 0 Å². The second-order valence-corrected chi connectivity index (χ2v) is 22.5. The molecule has 0 fully saturated rings. The van der Waals surface area contributed by atoms with Crippen LogP contribution in [-0.2, 0) is 0 Å². The standard InChI is InChI=1S/4C6H5.C4H8.2Sn/c4*1-2-4-6-5-3-1;1-3-4-2;;/h4*1-5H;1-4H2;;. The van der Waals surface area contributed by atoms with Crippen molar-refractivity contribution in [3.05, 3.63) is 121 Å². The molecule has 0 saturated heterocycles. The van der Waals surface area contributed by atoms with Gasteiger partial charge in [0, 0.05) is 0 Å². The van der Waals surface area contributed by atoms with Gasteiger partial charge in [0.05, 0.1) is 0 Å². The second kappa shape index (κ2) is 11.8. The number of benzene rings is 4. The van der Waals surface area contributed by atoms with E-state index in [9.17, 15) is 0 Å². The summed E-state index contributed by atoms with van der Waals surface area (Å²) >= 11 is -3.64. The molecule has 0 N–H and O–H groups in total. The van der Waals surface area contributed by atoms with Crippen LogP contribution in [0.1, 0.15) is 12.8 Å². The van der Waals surface area contributed by atoms with Crippen LogP contribution in [0.4, 0.5) is 0 Å². The molecule has 4 aromatic rings. The van der Waals surface area contributed by atoms with E-state index in [0.717, 1.165) is 0 Å². The zero-order chi connectivity index (χ0) is 20.4. The molecule has 0 nitrogen and oxygen atoms in total. The Labute approximate surface area is 195 Å². The molecule has 0 aliphatic carbocycles. The summed E-state index contributed by atoms with van der Waals surface area (Å²) in [6.45, 7) is 0. The summed E-state index contributed by atoms with van der Waals surface area (Å²) in [4.78, 5) is 0. The normalized spacial score (nSPS) is 11.1. The van der Waals surface area contributed by atoms with E-state index in [1.807, 2.05) is 0 Å². The van der Waals surface area contributed by atoms with Crippen molar-refractivity contribution in [2.24, 2.45) is 0 Å². The van der Waals surface area contributed by atoms with E-state index in [-0.39, 0.29) is 0 Å². The van der Waals surface area contributed by atoms with Crippen molar-refractivity contribution in [2.75, 3.05) is 0 Å². The molecule has 0 unspecified atom stereocenters. The first-order chi connectivity index (χ1) is 14.9. The quantitative estimate of drug-likeness (QED) is 0.197. The van der Waals surface area contributed by atoms with Crippen molar-refractivity contribution in [3.63, 3.8) is 0 Å². The molecule has 0 atom stereocenters. The molecule has 4 aromatic carbocycles. The molecule has 0 bridgehead atoms. The van der Waals surface area contributed by atoms with E-state index < -0.39 is 39.5 Å². The predicted octanol–water partition coefficient (Wildman–Crippen LogP) is 4.39. The number of hydrogen-bond acceptors (Lipinski definition) is 0. The van der Waals surface area contributed by atoms with Gasteiger partial charge in [-0.3, -0.25) is 0 Å². The summed E-state index contributed by atoms with van der Waals surface area (Å²) < 4.78 is 9.37. The summed E-state index contributed by atoms with van der Waals surface area (Å²) in [6, 6.07) is 45.3. The Bertz CT molecular complexity index is 822. The summed E-state index contributed by atoms with van der Waals surface area (Å²) in [5, 5.41) is 0. The average Bonchev–Trinajstić information content (AvgIpc) is 2.84. The molecule has 0 aliphatic heterocycles. The van der Waals surface area contributed by atoms with Crippen LogP contribution in [0.15, 0.2) is 121 Å². The van der Waals surface area contributed by atoms with Gasteiger partial charge >= 0.3 is 197 Å². The van der Waals surface area contributed by atoms with Crippen LogP contribution in [-0.4, -0.2) is 39.5 Å². The molecular formula is C28H28Sn2. The minimum atomic E-state index is -1.82. The zero-order valence-electron chi connectivity index (χ0n) is 17.4. The van der Waals surface area contributed by atoms with Crippen LogP contribution in [0.3, 0.4) is 0 Å². The second-order valence-electron chi connectivity index (χ2n) is 7.63. The molecule has 2 heteroatoms. The van der Waals surface area contributed by atoms with E-state index in [0.29, 0.717) is 0 Å². The fourth-order valence-corrected chi connectivity index (χ4v) is 19.5. The summed E-state index contributed by atoms with van der Waals surface area (Å²) in [5.41, 5.74) is 0. The molecule has 30 heavy (non-hydrogen) atoms. The molecule has 4 rings (SSSR count). The first-order valence-electron chi connectivity index (χ1n) is 10.8. The van der Waals surface area contributed by atoms with Gasteiger partial charge in [-0.1, -0.05) is 0 Å². The van der Waals surface area contributed by atoms with Crippen LogP contribution >= 0.6 is 0 Å². The van der Waals surface area contributed by atoms with Crippen LogP contribution < -0.4 is 14.3 Å². The molecule has 0 heterocycles. The van der Waals surface area contributed by atoms with E-state index in [1.54, 1.807) is 14.3 Å². The van der Waals surface area contributed by atoms with E-state index in [4.69, 9.17) is 0 Å². The van der Waals surface area contributed by atoms with E-state index in [1.165, 1.54) is 21.7 Å². The van der Waals surface area contributed by atoms with Crippen LogP contribution in [0.5, 0.6) is 0 Å². The molecule has 0 aromatic heterocycles. The molecule has 0 saturated carbocycles. The van der Waals surface area contributed by atoms with Gasteiger partial charge in [-0.05, 0) is 0 Å². The van der Waals surface area contributed by atoms with Gasteiger partial charge in [0.2, 0.25) is 0 Å². The van der Waals surface area contributed by atoms with E-state index >= 15 is 0 Å². The Kier molecular flexibility index (Phi) is 8.50. The minimum absolute atomic E-state index is 1.36. The first-order valence-corrected chi connectivity index (χ1v) is 20.6. The number of hydrogen-bond donors (Lipinski definition) is 0. The van der Waals surface area contributed by atoms with E-state index in [2.05, 4.69) is 121 Å². The summed E-state index contributed by atoms with van der Waals surface area (Å²) in [7, 11) is 0. The topological polar surface area (TPSA) is 0 Å². The predicted molar refractivity (Wildman–Crippen MR) is 135 cm³/mol. The van der Waals surface area contributed by atoms with Crippen molar-refractivity contribution in [1.82, 2.24) is 0 Å².